The molecule has 0 heterocycles. The summed E-state index contributed by atoms with van der Waals surface area (Å²) in [5.41, 5.74) is 5.83. The highest BCUT2D eigenvalue weighted by molar-refractivity contribution is 7.89. The topological polar surface area (TPSA) is 72.2 Å². The van der Waals surface area contributed by atoms with Gasteiger partial charge in [0.2, 0.25) is 10.0 Å². The number of aryl methyl sites for hydroxylation is 1. The standard InChI is InChI=1S/C10H15FN2O2S/c1-3-13-16(14,15)9-4-7(2)10(11)8(5-9)6-12/h4-5,13H,3,6,12H2,1-2H3. The van der Waals surface area contributed by atoms with Crippen molar-refractivity contribution < 1.29 is 12.8 Å². The largest absolute Gasteiger partial charge is 0.326 e. The van der Waals surface area contributed by atoms with Gasteiger partial charge in [-0.25, -0.2) is 17.5 Å². The summed E-state index contributed by atoms with van der Waals surface area (Å²) in [6, 6.07) is 2.56. The minimum atomic E-state index is -3.55. The summed E-state index contributed by atoms with van der Waals surface area (Å²) >= 11 is 0. The van der Waals surface area contributed by atoms with Gasteiger partial charge < -0.3 is 5.73 Å². The first-order valence-corrected chi connectivity index (χ1v) is 6.39. The predicted octanol–water partition coefficient (Wildman–Crippen LogP) is 0.891. The van der Waals surface area contributed by atoms with Crippen molar-refractivity contribution in [2.75, 3.05) is 6.54 Å². The van der Waals surface area contributed by atoms with Crippen molar-refractivity contribution in [3.63, 3.8) is 0 Å². The number of hydrogen-bond acceptors (Lipinski definition) is 3. The molecular weight excluding hydrogens is 231 g/mol. The van der Waals surface area contributed by atoms with E-state index in [1.165, 1.54) is 19.1 Å². The van der Waals surface area contributed by atoms with Gasteiger partial charge in [-0.05, 0) is 24.6 Å². The highest BCUT2D eigenvalue weighted by Gasteiger charge is 2.16. The lowest BCUT2D eigenvalue weighted by Crippen LogP contribution is -2.23. The smallest absolute Gasteiger partial charge is 0.240 e. The lowest BCUT2D eigenvalue weighted by Gasteiger charge is -2.09. The van der Waals surface area contributed by atoms with Crippen molar-refractivity contribution in [2.24, 2.45) is 5.73 Å². The monoisotopic (exact) mass is 246 g/mol. The molecule has 1 aromatic rings. The molecule has 0 aliphatic carbocycles. The van der Waals surface area contributed by atoms with Gasteiger partial charge in [-0.15, -0.1) is 0 Å². The molecule has 0 aliphatic rings. The van der Waals surface area contributed by atoms with E-state index in [1.807, 2.05) is 0 Å². The Morgan fingerprint density at radius 1 is 1.44 bits per heavy atom. The fraction of sp³-hybridized carbons (Fsp3) is 0.400. The maximum Gasteiger partial charge on any atom is 0.240 e. The first-order valence-electron chi connectivity index (χ1n) is 4.91. The second kappa shape index (κ2) is 4.90. The Balaban J connectivity index is 3.32. The van der Waals surface area contributed by atoms with E-state index in [9.17, 15) is 12.8 Å². The van der Waals surface area contributed by atoms with Gasteiger partial charge >= 0.3 is 0 Å². The van der Waals surface area contributed by atoms with E-state index in [0.717, 1.165) is 0 Å². The third-order valence-corrected chi connectivity index (χ3v) is 3.69. The Labute approximate surface area is 94.7 Å². The second-order valence-corrected chi connectivity index (χ2v) is 5.19. The van der Waals surface area contributed by atoms with E-state index in [-0.39, 0.29) is 29.1 Å². The Bertz CT molecular complexity index is 486. The Kier molecular flexibility index (Phi) is 4.01. The summed E-state index contributed by atoms with van der Waals surface area (Å²) in [7, 11) is -3.55. The molecule has 1 aromatic carbocycles. The summed E-state index contributed by atoms with van der Waals surface area (Å²) in [5, 5.41) is 0. The predicted molar refractivity (Wildman–Crippen MR) is 59.9 cm³/mol. The van der Waals surface area contributed by atoms with Crippen molar-refractivity contribution in [3.05, 3.63) is 29.1 Å². The van der Waals surface area contributed by atoms with Crippen LogP contribution in [0.4, 0.5) is 4.39 Å². The Morgan fingerprint density at radius 3 is 2.56 bits per heavy atom. The zero-order valence-corrected chi connectivity index (χ0v) is 10.1. The summed E-state index contributed by atoms with van der Waals surface area (Å²) < 4.78 is 39.2. The van der Waals surface area contributed by atoms with E-state index in [1.54, 1.807) is 6.92 Å². The minimum Gasteiger partial charge on any atom is -0.326 e. The van der Waals surface area contributed by atoms with E-state index in [2.05, 4.69) is 4.72 Å². The number of hydrogen-bond donors (Lipinski definition) is 2. The average Bonchev–Trinajstić information content (AvgIpc) is 2.21. The molecule has 0 bridgehead atoms. The highest BCUT2D eigenvalue weighted by Crippen LogP contribution is 2.18. The van der Waals surface area contributed by atoms with Gasteiger partial charge in [0.05, 0.1) is 4.90 Å². The van der Waals surface area contributed by atoms with E-state index < -0.39 is 15.8 Å². The molecule has 3 N–H and O–H groups in total. The molecule has 0 atom stereocenters. The number of sulfonamides is 1. The normalized spacial score (nSPS) is 11.8. The lowest BCUT2D eigenvalue weighted by molar-refractivity contribution is 0.579. The van der Waals surface area contributed by atoms with E-state index >= 15 is 0 Å². The Hall–Kier alpha value is -0.980. The summed E-state index contributed by atoms with van der Waals surface area (Å²) in [5.74, 6) is -0.446. The molecular formula is C10H15FN2O2S. The summed E-state index contributed by atoms with van der Waals surface area (Å²) in [4.78, 5) is 0.0497. The quantitative estimate of drug-likeness (QED) is 0.828. The van der Waals surface area contributed by atoms with Crippen LogP contribution < -0.4 is 10.5 Å². The molecule has 6 heteroatoms. The Morgan fingerprint density at radius 2 is 2.06 bits per heavy atom. The molecule has 4 nitrogen and oxygen atoms in total. The average molecular weight is 246 g/mol. The van der Waals surface area contributed by atoms with Crippen molar-refractivity contribution in [2.45, 2.75) is 25.3 Å². The molecule has 0 unspecified atom stereocenters. The number of rotatable bonds is 4. The number of benzene rings is 1. The van der Waals surface area contributed by atoms with Crippen molar-refractivity contribution in [1.82, 2.24) is 4.72 Å². The van der Waals surface area contributed by atoms with Crippen LogP contribution in [-0.2, 0) is 16.6 Å². The van der Waals surface area contributed by atoms with Gasteiger partial charge in [0.15, 0.2) is 0 Å². The molecule has 0 amide bonds. The molecule has 0 saturated carbocycles. The molecule has 0 aliphatic heterocycles. The van der Waals surface area contributed by atoms with Crippen LogP contribution in [0.3, 0.4) is 0 Å². The molecule has 16 heavy (non-hydrogen) atoms. The van der Waals surface area contributed by atoms with Gasteiger partial charge in [-0.3, -0.25) is 0 Å². The number of halogens is 1. The number of nitrogens with two attached hydrogens (primary N) is 1. The lowest BCUT2D eigenvalue weighted by atomic mass is 10.1. The molecule has 0 fully saturated rings. The van der Waals surface area contributed by atoms with Crippen LogP contribution in [0.25, 0.3) is 0 Å². The SMILES string of the molecule is CCNS(=O)(=O)c1cc(C)c(F)c(CN)c1. The van der Waals surface area contributed by atoms with Gasteiger partial charge in [0.1, 0.15) is 5.82 Å². The highest BCUT2D eigenvalue weighted by atomic mass is 32.2. The first-order chi connectivity index (χ1) is 7.42. The van der Waals surface area contributed by atoms with Crippen LogP contribution in [-0.4, -0.2) is 15.0 Å². The van der Waals surface area contributed by atoms with Crippen LogP contribution >= 0.6 is 0 Å². The molecule has 0 spiro atoms. The molecule has 0 aromatic heterocycles. The van der Waals surface area contributed by atoms with Gasteiger partial charge in [-0.1, -0.05) is 6.92 Å². The van der Waals surface area contributed by atoms with E-state index in [0.29, 0.717) is 0 Å². The maximum atomic E-state index is 13.5. The van der Waals surface area contributed by atoms with Gasteiger partial charge in [0, 0.05) is 18.7 Å². The van der Waals surface area contributed by atoms with E-state index in [4.69, 9.17) is 5.73 Å². The number of nitrogens with one attached hydrogen (secondary N) is 1. The molecule has 90 valence electrons. The van der Waals surface area contributed by atoms with Crippen LogP contribution in [0.2, 0.25) is 0 Å². The molecule has 0 saturated heterocycles. The third kappa shape index (κ3) is 2.58. The molecule has 1 rings (SSSR count). The summed E-state index contributed by atoms with van der Waals surface area (Å²) in [6.07, 6.45) is 0. The van der Waals surface area contributed by atoms with Crippen LogP contribution in [0, 0.1) is 12.7 Å². The molecule has 0 radical (unpaired) electrons. The van der Waals surface area contributed by atoms with Crippen molar-refractivity contribution >= 4 is 10.0 Å². The van der Waals surface area contributed by atoms with Crippen molar-refractivity contribution in [1.29, 1.82) is 0 Å². The zero-order chi connectivity index (χ0) is 12.3. The van der Waals surface area contributed by atoms with Gasteiger partial charge in [0.25, 0.3) is 0 Å². The van der Waals surface area contributed by atoms with Gasteiger partial charge in [-0.2, -0.15) is 0 Å². The summed E-state index contributed by atoms with van der Waals surface area (Å²) in [6.45, 7) is 3.45. The fourth-order valence-corrected chi connectivity index (χ4v) is 2.56. The minimum absolute atomic E-state index is 0.0256. The maximum absolute atomic E-state index is 13.5. The third-order valence-electron chi connectivity index (χ3n) is 2.17. The first kappa shape index (κ1) is 13.1. The van der Waals surface area contributed by atoms with Crippen LogP contribution in [0.15, 0.2) is 17.0 Å². The second-order valence-electron chi connectivity index (χ2n) is 3.42. The van der Waals surface area contributed by atoms with Crippen LogP contribution in [0.5, 0.6) is 0 Å². The zero-order valence-electron chi connectivity index (χ0n) is 9.25. The van der Waals surface area contributed by atoms with Crippen molar-refractivity contribution in [3.8, 4) is 0 Å². The van der Waals surface area contributed by atoms with Crippen LogP contribution in [0.1, 0.15) is 18.1 Å². The fourth-order valence-electron chi connectivity index (χ4n) is 1.38.